The number of hydrogen-bond acceptors (Lipinski definition) is 4. The van der Waals surface area contributed by atoms with E-state index in [1.165, 1.54) is 17.0 Å². The van der Waals surface area contributed by atoms with Gasteiger partial charge in [-0.05, 0) is 79.3 Å². The van der Waals surface area contributed by atoms with E-state index >= 15 is 0 Å². The van der Waals surface area contributed by atoms with E-state index < -0.39 is 0 Å². The van der Waals surface area contributed by atoms with Crippen molar-refractivity contribution in [1.82, 2.24) is 9.80 Å². The topological polar surface area (TPSA) is 49.9 Å². The summed E-state index contributed by atoms with van der Waals surface area (Å²) < 4.78 is 19.2. The summed E-state index contributed by atoms with van der Waals surface area (Å²) in [4.78, 5) is 31.1. The molecule has 1 aromatic carbocycles. The van der Waals surface area contributed by atoms with Crippen LogP contribution in [0.1, 0.15) is 42.2 Å². The highest BCUT2D eigenvalue weighted by molar-refractivity contribution is 7.10. The zero-order valence-electron chi connectivity index (χ0n) is 17.5. The Bertz CT molecular complexity index is 952. The fraction of sp³-hybridized carbons (Fsp3) is 0.500. The van der Waals surface area contributed by atoms with Crippen molar-refractivity contribution in [1.29, 1.82) is 0 Å². The van der Waals surface area contributed by atoms with E-state index in [9.17, 15) is 14.0 Å². The number of ether oxygens (including phenoxy) is 1. The lowest BCUT2D eigenvalue weighted by atomic mass is 10.0. The number of amides is 2. The number of rotatable bonds is 8. The van der Waals surface area contributed by atoms with E-state index in [-0.39, 0.29) is 36.1 Å². The minimum atomic E-state index is -0.307. The summed E-state index contributed by atoms with van der Waals surface area (Å²) in [6.07, 6.45) is 5.02. The summed E-state index contributed by atoms with van der Waals surface area (Å²) in [6.45, 7) is 1.78. The van der Waals surface area contributed by atoms with Crippen LogP contribution in [0.25, 0.3) is 0 Å². The molecule has 0 N–H and O–H groups in total. The summed E-state index contributed by atoms with van der Waals surface area (Å²) >= 11 is 1.71. The third kappa shape index (κ3) is 4.76. The van der Waals surface area contributed by atoms with Crippen LogP contribution in [0.2, 0.25) is 0 Å². The highest BCUT2D eigenvalue weighted by atomic mass is 32.1. The molecule has 5 rings (SSSR count). The number of benzene rings is 1. The van der Waals surface area contributed by atoms with Crippen LogP contribution >= 0.6 is 11.3 Å². The van der Waals surface area contributed by atoms with E-state index in [2.05, 4.69) is 11.4 Å². The molecule has 0 saturated heterocycles. The van der Waals surface area contributed by atoms with Crippen LogP contribution in [0.5, 0.6) is 5.75 Å². The lowest BCUT2D eigenvalue weighted by Gasteiger charge is -2.37. The minimum absolute atomic E-state index is 0.0146. The number of halogens is 1. The van der Waals surface area contributed by atoms with Crippen molar-refractivity contribution in [3.63, 3.8) is 0 Å². The minimum Gasteiger partial charge on any atom is -0.491 e. The highest BCUT2D eigenvalue weighted by Crippen LogP contribution is 2.36. The van der Waals surface area contributed by atoms with E-state index in [1.807, 2.05) is 4.90 Å². The predicted octanol–water partition coefficient (Wildman–Crippen LogP) is 4.04. The molecule has 31 heavy (non-hydrogen) atoms. The maximum Gasteiger partial charge on any atom is 0.242 e. The standard InChI is InChI=1S/C24H27FN2O3S/c25-18-5-7-19(8-6-18)30-15-21-20-10-12-31-22(20)9-11-27(21)23(28)14-26(13-16-1-2-16)24(29)17-3-4-17/h5-8,10,12,16-17,21H,1-4,9,11,13-15H2. The predicted molar refractivity (Wildman–Crippen MR) is 116 cm³/mol. The van der Waals surface area contributed by atoms with Crippen molar-refractivity contribution in [3.8, 4) is 5.75 Å². The van der Waals surface area contributed by atoms with Gasteiger partial charge in [-0.15, -0.1) is 11.3 Å². The Morgan fingerprint density at radius 2 is 1.90 bits per heavy atom. The highest BCUT2D eigenvalue weighted by Gasteiger charge is 2.39. The zero-order valence-corrected chi connectivity index (χ0v) is 18.3. The van der Waals surface area contributed by atoms with Crippen LogP contribution in [0.4, 0.5) is 4.39 Å². The molecule has 2 aliphatic carbocycles. The quantitative estimate of drug-likeness (QED) is 0.620. The molecule has 2 heterocycles. The second-order valence-electron chi connectivity index (χ2n) is 8.85. The van der Waals surface area contributed by atoms with Crippen molar-refractivity contribution in [2.45, 2.75) is 38.1 Å². The number of fused-ring (bicyclic) bond motifs is 1. The van der Waals surface area contributed by atoms with Gasteiger partial charge in [0.1, 0.15) is 18.2 Å². The van der Waals surface area contributed by atoms with Gasteiger partial charge in [0.25, 0.3) is 0 Å². The van der Waals surface area contributed by atoms with Gasteiger partial charge < -0.3 is 14.5 Å². The normalized spacial score (nSPS) is 20.3. The van der Waals surface area contributed by atoms with Crippen molar-refractivity contribution in [2.75, 3.05) is 26.2 Å². The third-order valence-electron chi connectivity index (χ3n) is 6.38. The van der Waals surface area contributed by atoms with Crippen molar-refractivity contribution in [3.05, 3.63) is 52.0 Å². The first-order chi connectivity index (χ1) is 15.1. The molecule has 1 unspecified atom stereocenters. The summed E-state index contributed by atoms with van der Waals surface area (Å²) in [7, 11) is 0. The summed E-state index contributed by atoms with van der Waals surface area (Å²) in [5.41, 5.74) is 1.12. The van der Waals surface area contributed by atoms with Crippen LogP contribution in [0, 0.1) is 17.7 Å². The Labute approximate surface area is 185 Å². The first-order valence-corrected chi connectivity index (χ1v) is 12.0. The first-order valence-electron chi connectivity index (χ1n) is 11.1. The Morgan fingerprint density at radius 1 is 1.13 bits per heavy atom. The SMILES string of the molecule is O=C(C1CC1)N(CC(=O)N1CCc2sccc2C1COc1ccc(F)cc1)CC1CC1. The Balaban J connectivity index is 1.31. The number of carbonyl (C=O) groups excluding carboxylic acids is 2. The molecule has 2 amide bonds. The molecule has 1 aromatic heterocycles. The van der Waals surface area contributed by atoms with Gasteiger partial charge in [-0.2, -0.15) is 0 Å². The van der Waals surface area contributed by atoms with E-state index in [1.54, 1.807) is 28.4 Å². The summed E-state index contributed by atoms with van der Waals surface area (Å²) in [5, 5.41) is 2.06. The average molecular weight is 443 g/mol. The van der Waals surface area contributed by atoms with Gasteiger partial charge in [0.15, 0.2) is 0 Å². The maximum absolute atomic E-state index is 13.4. The molecule has 164 valence electrons. The Hall–Kier alpha value is -2.41. The first kappa shape index (κ1) is 20.5. The smallest absolute Gasteiger partial charge is 0.242 e. The number of nitrogens with zero attached hydrogens (tertiary/aromatic N) is 2. The fourth-order valence-corrected chi connectivity index (χ4v) is 5.20. The van der Waals surface area contributed by atoms with Crippen molar-refractivity contribution < 1.29 is 18.7 Å². The molecule has 2 aromatic rings. The molecule has 0 radical (unpaired) electrons. The molecule has 1 aliphatic heterocycles. The maximum atomic E-state index is 13.4. The van der Waals surface area contributed by atoms with E-state index in [0.717, 1.165) is 37.7 Å². The summed E-state index contributed by atoms with van der Waals surface area (Å²) in [5.74, 6) is 1.08. The fourth-order valence-electron chi connectivity index (χ4n) is 4.27. The molecular weight excluding hydrogens is 415 g/mol. The molecule has 1 atom stereocenters. The largest absolute Gasteiger partial charge is 0.491 e. The molecule has 0 spiro atoms. The van der Waals surface area contributed by atoms with Gasteiger partial charge in [-0.25, -0.2) is 4.39 Å². The van der Waals surface area contributed by atoms with Gasteiger partial charge in [0, 0.05) is 23.9 Å². The molecule has 3 aliphatic rings. The number of carbonyl (C=O) groups is 2. The number of hydrogen-bond donors (Lipinski definition) is 0. The monoisotopic (exact) mass is 442 g/mol. The van der Waals surface area contributed by atoms with E-state index in [4.69, 9.17) is 4.74 Å². The lowest BCUT2D eigenvalue weighted by molar-refractivity contribution is -0.143. The summed E-state index contributed by atoms with van der Waals surface area (Å²) in [6, 6.07) is 7.80. The molecule has 7 heteroatoms. The molecule has 5 nitrogen and oxygen atoms in total. The molecule has 2 fully saturated rings. The van der Waals surface area contributed by atoms with Gasteiger partial charge >= 0.3 is 0 Å². The van der Waals surface area contributed by atoms with Crippen LogP contribution in [0.15, 0.2) is 35.7 Å². The van der Waals surface area contributed by atoms with Gasteiger partial charge in [-0.1, -0.05) is 0 Å². The van der Waals surface area contributed by atoms with Gasteiger partial charge in [-0.3, -0.25) is 9.59 Å². The Morgan fingerprint density at radius 3 is 2.61 bits per heavy atom. The average Bonchev–Trinajstić information content (AvgIpc) is 3.70. The van der Waals surface area contributed by atoms with Crippen LogP contribution < -0.4 is 4.74 Å². The second kappa shape index (κ2) is 8.61. The second-order valence-corrected chi connectivity index (χ2v) is 9.85. The van der Waals surface area contributed by atoms with Gasteiger partial charge in [0.05, 0.1) is 12.6 Å². The van der Waals surface area contributed by atoms with Crippen LogP contribution in [-0.2, 0) is 16.0 Å². The lowest BCUT2D eigenvalue weighted by Crippen LogP contribution is -2.48. The molecule has 2 saturated carbocycles. The van der Waals surface area contributed by atoms with Crippen molar-refractivity contribution in [2.24, 2.45) is 11.8 Å². The zero-order chi connectivity index (χ0) is 21.4. The van der Waals surface area contributed by atoms with E-state index in [0.29, 0.717) is 31.4 Å². The Kier molecular flexibility index (Phi) is 5.69. The van der Waals surface area contributed by atoms with Crippen molar-refractivity contribution >= 4 is 23.2 Å². The van der Waals surface area contributed by atoms with Gasteiger partial charge in [0.2, 0.25) is 11.8 Å². The number of thiophene rings is 1. The third-order valence-corrected chi connectivity index (χ3v) is 7.37. The van der Waals surface area contributed by atoms with Crippen LogP contribution in [0.3, 0.4) is 0 Å². The molecular formula is C24H27FN2O3S. The molecule has 0 bridgehead atoms. The van der Waals surface area contributed by atoms with Crippen LogP contribution in [-0.4, -0.2) is 47.9 Å².